The Bertz CT molecular complexity index is 994. The van der Waals surface area contributed by atoms with Gasteiger partial charge in [0.15, 0.2) is 23.8 Å². The molecule has 0 aromatic carbocycles. The van der Waals surface area contributed by atoms with Crippen LogP contribution in [-0.2, 0) is 38.5 Å². The van der Waals surface area contributed by atoms with Crippen LogP contribution in [0.15, 0.2) is 0 Å². The molecule has 244 valence electrons. The van der Waals surface area contributed by atoms with Crippen molar-refractivity contribution in [2.45, 2.75) is 153 Å². The lowest BCUT2D eigenvalue weighted by Crippen LogP contribution is -2.70. The van der Waals surface area contributed by atoms with E-state index < -0.39 is 35.4 Å². The van der Waals surface area contributed by atoms with Crippen LogP contribution in [0.5, 0.6) is 0 Å². The second-order valence-electron chi connectivity index (χ2n) is 16.4. The summed E-state index contributed by atoms with van der Waals surface area (Å²) in [6, 6.07) is 0. The summed E-state index contributed by atoms with van der Waals surface area (Å²) in [6.07, 6.45) is 8.74. The van der Waals surface area contributed by atoms with Gasteiger partial charge in [-0.25, -0.2) is 19.6 Å². The molecule has 0 aromatic rings. The Labute approximate surface area is 256 Å². The van der Waals surface area contributed by atoms with Gasteiger partial charge in [0, 0.05) is 31.3 Å². The number of ether oxygens (including phenoxy) is 4. The van der Waals surface area contributed by atoms with Gasteiger partial charge in [-0.05, 0) is 107 Å². The summed E-state index contributed by atoms with van der Waals surface area (Å²) in [5.41, 5.74) is -1.12. The first kappa shape index (κ1) is 30.0. The smallest absolute Gasteiger partial charge is 0.201 e. The van der Waals surface area contributed by atoms with E-state index >= 15 is 0 Å². The standard InChI is InChI=1S/C34H54O9/c1-18-7-9-25-20(3)27(36-29-33(25)23(18)11-13-31(5,38-29)40-42-33)15-22(17-35)16-28-21(4)26-10-8-19(2)24-12-14-32(6)39-30(37-28)34(24,26)43-41-32/h18-30,35H,7-17H2,1-6H3/t18-,19-,20-,21-,22?,23+,24+,25+,26+,27-,28?,29-,30-,31?,32?,33-,34-/m1/s1. The van der Waals surface area contributed by atoms with Gasteiger partial charge in [0.05, 0.1) is 12.2 Å². The van der Waals surface area contributed by atoms with Crippen LogP contribution in [0.3, 0.4) is 0 Å². The predicted octanol–water partition coefficient (Wildman–Crippen LogP) is 5.88. The molecule has 4 unspecified atom stereocenters. The second-order valence-corrected chi connectivity index (χ2v) is 16.4. The molecule has 0 aromatic heterocycles. The molecule has 8 saturated heterocycles. The third-order valence-corrected chi connectivity index (χ3v) is 14.0. The minimum atomic E-state index is -0.782. The lowest BCUT2D eigenvalue weighted by atomic mass is 9.56. The zero-order chi connectivity index (χ0) is 29.9. The number of hydrogen-bond donors (Lipinski definition) is 1. The minimum absolute atomic E-state index is 0.0334. The van der Waals surface area contributed by atoms with Crippen LogP contribution in [0.1, 0.15) is 106 Å². The summed E-state index contributed by atoms with van der Waals surface area (Å²) in [5, 5.41) is 10.8. The van der Waals surface area contributed by atoms with E-state index in [-0.39, 0.29) is 48.4 Å². The van der Waals surface area contributed by atoms with Crippen molar-refractivity contribution < 1.29 is 43.6 Å². The molecule has 2 saturated carbocycles. The molecule has 9 heteroatoms. The molecule has 8 aliphatic heterocycles. The highest BCUT2D eigenvalue weighted by Gasteiger charge is 2.71. The molecule has 10 rings (SSSR count). The first-order valence-corrected chi connectivity index (χ1v) is 17.5. The maximum atomic E-state index is 10.8. The molecular weight excluding hydrogens is 552 g/mol. The number of hydrogen-bond acceptors (Lipinski definition) is 9. The topological polar surface area (TPSA) is 94.1 Å². The van der Waals surface area contributed by atoms with E-state index in [2.05, 4.69) is 27.7 Å². The van der Waals surface area contributed by atoms with Crippen molar-refractivity contribution in [3.63, 3.8) is 0 Å². The molecule has 4 bridgehead atoms. The monoisotopic (exact) mass is 606 g/mol. The number of rotatable bonds is 5. The van der Waals surface area contributed by atoms with E-state index in [1.165, 1.54) is 12.8 Å². The number of fused-ring (bicyclic) bond motifs is 4. The second kappa shape index (κ2) is 10.3. The van der Waals surface area contributed by atoms with E-state index in [0.717, 1.165) is 51.4 Å². The zero-order valence-electron chi connectivity index (χ0n) is 27.0. The van der Waals surface area contributed by atoms with Crippen LogP contribution in [0.25, 0.3) is 0 Å². The first-order chi connectivity index (χ1) is 20.5. The predicted molar refractivity (Wildman–Crippen MR) is 153 cm³/mol. The maximum Gasteiger partial charge on any atom is 0.201 e. The van der Waals surface area contributed by atoms with Crippen LogP contribution in [0.2, 0.25) is 0 Å². The molecular formula is C34H54O9. The van der Waals surface area contributed by atoms with Crippen molar-refractivity contribution in [3.05, 3.63) is 0 Å². The highest BCUT2D eigenvalue weighted by Crippen LogP contribution is 2.63. The van der Waals surface area contributed by atoms with Gasteiger partial charge >= 0.3 is 0 Å². The molecule has 0 amide bonds. The highest BCUT2D eigenvalue weighted by atomic mass is 17.3. The van der Waals surface area contributed by atoms with E-state index in [1.807, 2.05) is 13.8 Å². The van der Waals surface area contributed by atoms with Crippen LogP contribution < -0.4 is 0 Å². The third kappa shape index (κ3) is 4.28. The van der Waals surface area contributed by atoms with Crippen LogP contribution in [-0.4, -0.2) is 59.3 Å². The van der Waals surface area contributed by atoms with Gasteiger partial charge in [0.2, 0.25) is 11.6 Å². The maximum absolute atomic E-state index is 10.8. The first-order valence-electron chi connectivity index (χ1n) is 17.5. The van der Waals surface area contributed by atoms with Gasteiger partial charge in [0.25, 0.3) is 0 Å². The van der Waals surface area contributed by atoms with Gasteiger partial charge in [-0.15, -0.1) is 0 Å². The van der Waals surface area contributed by atoms with Gasteiger partial charge in [-0.3, -0.25) is 0 Å². The molecule has 43 heavy (non-hydrogen) atoms. The Morgan fingerprint density at radius 1 is 0.605 bits per heavy atom. The van der Waals surface area contributed by atoms with Gasteiger partial charge in [-0.1, -0.05) is 27.7 Å². The van der Waals surface area contributed by atoms with Crippen molar-refractivity contribution >= 4 is 0 Å². The summed E-state index contributed by atoms with van der Waals surface area (Å²) in [4.78, 5) is 24.7. The molecule has 1 N–H and O–H groups in total. The quantitative estimate of drug-likeness (QED) is 0.385. The normalized spacial score (nSPS) is 59.5. The summed E-state index contributed by atoms with van der Waals surface area (Å²) in [7, 11) is 0. The Kier molecular flexibility index (Phi) is 7.20. The summed E-state index contributed by atoms with van der Waals surface area (Å²) >= 11 is 0. The van der Waals surface area contributed by atoms with Crippen LogP contribution >= 0.6 is 0 Å². The lowest BCUT2D eigenvalue weighted by molar-refractivity contribution is -0.571. The molecule has 10 fully saturated rings. The molecule has 10 aliphatic rings. The summed E-state index contributed by atoms with van der Waals surface area (Å²) in [5.74, 6) is 1.35. The fourth-order valence-corrected chi connectivity index (χ4v) is 11.4. The molecule has 17 atom stereocenters. The van der Waals surface area contributed by atoms with Gasteiger partial charge in [-0.2, -0.15) is 0 Å². The average molecular weight is 607 g/mol. The largest absolute Gasteiger partial charge is 0.396 e. The van der Waals surface area contributed by atoms with Crippen molar-refractivity contribution in [2.75, 3.05) is 6.61 Å². The van der Waals surface area contributed by atoms with E-state index in [1.54, 1.807) is 0 Å². The zero-order valence-corrected chi connectivity index (χ0v) is 27.0. The van der Waals surface area contributed by atoms with Crippen molar-refractivity contribution in [1.82, 2.24) is 0 Å². The van der Waals surface area contributed by atoms with Crippen molar-refractivity contribution in [3.8, 4) is 0 Å². The molecule has 8 heterocycles. The van der Waals surface area contributed by atoms with Crippen molar-refractivity contribution in [1.29, 1.82) is 0 Å². The third-order valence-electron chi connectivity index (χ3n) is 14.0. The molecule has 9 nitrogen and oxygen atoms in total. The fourth-order valence-electron chi connectivity index (χ4n) is 11.4. The Balaban J connectivity index is 1.02. The minimum Gasteiger partial charge on any atom is -0.396 e. The summed E-state index contributed by atoms with van der Waals surface area (Å²) in [6.45, 7) is 13.4. The van der Waals surface area contributed by atoms with E-state index in [4.69, 9.17) is 38.5 Å². The highest BCUT2D eigenvalue weighted by molar-refractivity contribution is 5.11. The number of aliphatic hydroxyl groups excluding tert-OH is 1. The van der Waals surface area contributed by atoms with Crippen molar-refractivity contribution in [2.24, 2.45) is 53.3 Å². The fraction of sp³-hybridized carbons (Fsp3) is 1.00. The Morgan fingerprint density at radius 3 is 1.47 bits per heavy atom. The van der Waals surface area contributed by atoms with Gasteiger partial charge < -0.3 is 24.1 Å². The Morgan fingerprint density at radius 2 is 1.05 bits per heavy atom. The average Bonchev–Trinajstić information content (AvgIpc) is 3.35. The SMILES string of the molecule is C[C@H]1[C@@H](CC(CO)CC2O[C@@H]3OC4(C)CC[C@H]5[C@H](C)CC[C@@H]([C@H]2C)[C@@]35OO4)O[C@@H]2OC3(C)CC[C@H]4[C@H](C)CC[C@@H]1[C@@]24OO3. The summed E-state index contributed by atoms with van der Waals surface area (Å²) < 4.78 is 27.0. The van der Waals surface area contributed by atoms with Crippen LogP contribution in [0, 0.1) is 53.3 Å². The lowest BCUT2D eigenvalue weighted by Gasteiger charge is -2.61. The number of aliphatic hydroxyl groups is 1. The van der Waals surface area contributed by atoms with Gasteiger partial charge in [0.1, 0.15) is 0 Å². The Hall–Kier alpha value is -0.360. The molecule has 0 radical (unpaired) electrons. The molecule has 2 spiro atoms. The molecule has 2 aliphatic carbocycles. The van der Waals surface area contributed by atoms with E-state index in [0.29, 0.717) is 23.7 Å². The van der Waals surface area contributed by atoms with E-state index in [9.17, 15) is 5.11 Å². The van der Waals surface area contributed by atoms with Crippen LogP contribution in [0.4, 0.5) is 0 Å².